The Morgan fingerprint density at radius 3 is 2.69 bits per heavy atom. The van der Waals surface area contributed by atoms with Crippen LogP contribution < -0.4 is 4.74 Å². The molecule has 4 unspecified atom stereocenters. The molecule has 1 nitrogen and oxygen atoms in total. The van der Waals surface area contributed by atoms with Crippen molar-refractivity contribution in [3.05, 3.63) is 83.2 Å². The van der Waals surface area contributed by atoms with Gasteiger partial charge in [0.25, 0.3) is 0 Å². The molecule has 0 saturated carbocycles. The highest BCUT2D eigenvalue weighted by atomic mass is 79.9. The Hall–Kier alpha value is -1.17. The van der Waals surface area contributed by atoms with Crippen LogP contribution in [-0.2, 0) is 19.3 Å². The summed E-state index contributed by atoms with van der Waals surface area (Å²) in [6.45, 7) is 2.34. The topological polar surface area (TPSA) is 9.23 Å². The number of fused-ring (bicyclic) bond motifs is 6. The maximum atomic E-state index is 15.4. The van der Waals surface area contributed by atoms with Crippen molar-refractivity contribution in [1.82, 2.24) is 0 Å². The van der Waals surface area contributed by atoms with Gasteiger partial charge in [-0.25, -0.2) is 4.39 Å². The molecule has 2 aliphatic carbocycles. The molecule has 0 fully saturated rings. The molecule has 0 radical (unpaired) electrons. The quantitative estimate of drug-likeness (QED) is 0.281. The van der Waals surface area contributed by atoms with Gasteiger partial charge in [-0.05, 0) is 97.4 Å². The van der Waals surface area contributed by atoms with Crippen LogP contribution in [-0.4, -0.2) is 0 Å². The third-order valence-corrected chi connectivity index (χ3v) is 9.91. The predicted octanol–water partition coefficient (Wildman–Crippen LogP) is 8.87. The van der Waals surface area contributed by atoms with Gasteiger partial charge in [0.05, 0.1) is 0 Å². The van der Waals surface area contributed by atoms with Crippen molar-refractivity contribution < 1.29 is 9.13 Å². The highest BCUT2D eigenvalue weighted by Crippen LogP contribution is 2.54. The van der Waals surface area contributed by atoms with E-state index >= 15 is 4.39 Å². The van der Waals surface area contributed by atoms with E-state index < -0.39 is 0 Å². The maximum absolute atomic E-state index is 15.4. The van der Waals surface area contributed by atoms with Gasteiger partial charge in [0, 0.05) is 30.2 Å². The van der Waals surface area contributed by atoms with Crippen LogP contribution in [0.4, 0.5) is 4.39 Å². The summed E-state index contributed by atoms with van der Waals surface area (Å²) in [6, 6.07) is 12.6. The number of hydrogen-bond donors (Lipinski definition) is 0. The first-order valence-electron chi connectivity index (χ1n) is 11.5. The average Bonchev–Trinajstić information content (AvgIpc) is 3.05. The highest BCUT2D eigenvalue weighted by molar-refractivity contribution is 9.10. The molecule has 1 aliphatic heterocycles. The number of aryl methyl sites for hydroxylation is 2. The molecule has 4 atom stereocenters. The summed E-state index contributed by atoms with van der Waals surface area (Å²) in [7, 11) is 0. The van der Waals surface area contributed by atoms with Crippen molar-refractivity contribution in [3.8, 4) is 5.75 Å². The van der Waals surface area contributed by atoms with E-state index in [4.69, 9.17) is 4.74 Å². The van der Waals surface area contributed by atoms with Crippen molar-refractivity contribution in [2.24, 2.45) is 5.92 Å². The van der Waals surface area contributed by atoms with Crippen LogP contribution in [0.3, 0.4) is 0 Å². The van der Waals surface area contributed by atoms with Crippen LogP contribution >= 0.6 is 43.2 Å². The number of benzene rings is 2. The molecule has 0 spiro atoms. The van der Waals surface area contributed by atoms with Crippen LogP contribution in [0.15, 0.2) is 45.3 Å². The molecule has 2 heterocycles. The van der Waals surface area contributed by atoms with Gasteiger partial charge in [0.1, 0.15) is 17.7 Å². The van der Waals surface area contributed by atoms with E-state index in [0.717, 1.165) is 27.4 Å². The number of ether oxygens (including phenoxy) is 1. The fourth-order valence-corrected chi connectivity index (χ4v) is 8.30. The summed E-state index contributed by atoms with van der Waals surface area (Å²) < 4.78 is 24.0. The van der Waals surface area contributed by atoms with Crippen molar-refractivity contribution in [1.29, 1.82) is 0 Å². The summed E-state index contributed by atoms with van der Waals surface area (Å²) in [5.41, 5.74) is 4.98. The van der Waals surface area contributed by atoms with Gasteiger partial charge >= 0.3 is 0 Å². The van der Waals surface area contributed by atoms with Crippen molar-refractivity contribution in [2.45, 2.75) is 63.4 Å². The second-order valence-corrected chi connectivity index (χ2v) is 12.6. The van der Waals surface area contributed by atoms with E-state index in [9.17, 15) is 0 Å². The molecule has 2 bridgehead atoms. The Bertz CT molecular complexity index is 1180. The van der Waals surface area contributed by atoms with E-state index in [1.807, 2.05) is 17.4 Å². The largest absolute Gasteiger partial charge is 0.484 e. The Kier molecular flexibility index (Phi) is 5.51. The third-order valence-electron chi connectivity index (χ3n) is 7.66. The summed E-state index contributed by atoms with van der Waals surface area (Å²) >= 11 is 9.09. The molecule has 6 rings (SSSR count). The smallest absolute Gasteiger partial charge is 0.136 e. The van der Waals surface area contributed by atoms with E-state index in [-0.39, 0.29) is 17.8 Å². The zero-order chi connectivity index (χ0) is 22.0. The van der Waals surface area contributed by atoms with Crippen molar-refractivity contribution in [2.75, 3.05) is 0 Å². The summed E-state index contributed by atoms with van der Waals surface area (Å²) in [5, 5.41) is 0. The zero-order valence-electron chi connectivity index (χ0n) is 18.0. The fourth-order valence-electron chi connectivity index (χ4n) is 6.12. The number of halogens is 3. The van der Waals surface area contributed by atoms with Crippen LogP contribution in [0.25, 0.3) is 0 Å². The Morgan fingerprint density at radius 2 is 1.84 bits per heavy atom. The van der Waals surface area contributed by atoms with E-state index in [0.29, 0.717) is 17.6 Å². The van der Waals surface area contributed by atoms with Gasteiger partial charge in [-0.3, -0.25) is 0 Å². The monoisotopic (exact) mass is 574 g/mol. The summed E-state index contributed by atoms with van der Waals surface area (Å²) in [6.07, 6.45) is 6.65. The molecule has 32 heavy (non-hydrogen) atoms. The SMILES string of the molecule is CC1c2ccc(Br)cc2CC2CC1C(c1cc3c(s1)CCCC3)Oc1cc(Br)cc(F)c12. The van der Waals surface area contributed by atoms with Gasteiger partial charge in [-0.2, -0.15) is 0 Å². The van der Waals surface area contributed by atoms with E-state index in [1.54, 1.807) is 6.07 Å². The maximum Gasteiger partial charge on any atom is 0.136 e. The Balaban J connectivity index is 1.54. The Morgan fingerprint density at radius 1 is 1.00 bits per heavy atom. The number of rotatable bonds is 1. The Labute approximate surface area is 209 Å². The molecule has 3 aromatic rings. The van der Waals surface area contributed by atoms with Gasteiger partial charge in [0.2, 0.25) is 0 Å². The minimum Gasteiger partial charge on any atom is -0.484 e. The normalized spacial score (nSPS) is 26.2. The number of thiophene rings is 1. The molecule has 2 aromatic carbocycles. The molecular weight excluding hydrogens is 551 g/mol. The molecule has 166 valence electrons. The van der Waals surface area contributed by atoms with Crippen LogP contribution in [0.2, 0.25) is 0 Å². The van der Waals surface area contributed by atoms with Gasteiger partial charge in [-0.15, -0.1) is 11.3 Å². The van der Waals surface area contributed by atoms with Gasteiger partial charge < -0.3 is 4.74 Å². The van der Waals surface area contributed by atoms with Crippen molar-refractivity contribution in [3.63, 3.8) is 0 Å². The molecule has 0 N–H and O–H groups in total. The number of hydrogen-bond acceptors (Lipinski definition) is 2. The first kappa shape index (κ1) is 21.4. The summed E-state index contributed by atoms with van der Waals surface area (Å²) in [5.74, 6) is 1.31. The first-order valence-corrected chi connectivity index (χ1v) is 13.9. The average molecular weight is 576 g/mol. The lowest BCUT2D eigenvalue weighted by Gasteiger charge is -2.30. The lowest BCUT2D eigenvalue weighted by atomic mass is 9.79. The van der Waals surface area contributed by atoms with E-state index in [1.165, 1.54) is 52.1 Å². The van der Waals surface area contributed by atoms with Crippen LogP contribution in [0.5, 0.6) is 5.75 Å². The lowest BCUT2D eigenvalue weighted by Crippen LogP contribution is -2.22. The second kappa shape index (κ2) is 8.25. The van der Waals surface area contributed by atoms with Gasteiger partial charge in [0.15, 0.2) is 0 Å². The zero-order valence-corrected chi connectivity index (χ0v) is 22.0. The lowest BCUT2D eigenvalue weighted by molar-refractivity contribution is 0.125. The first-order chi connectivity index (χ1) is 15.5. The molecule has 5 heteroatoms. The minimum absolute atomic E-state index is 0.0485. The van der Waals surface area contributed by atoms with Crippen LogP contribution in [0, 0.1) is 11.7 Å². The van der Waals surface area contributed by atoms with Gasteiger partial charge in [-0.1, -0.05) is 44.8 Å². The highest BCUT2D eigenvalue weighted by Gasteiger charge is 2.42. The third kappa shape index (κ3) is 3.59. The molecule has 0 saturated heterocycles. The molecule has 3 aliphatic rings. The molecular formula is C27H25Br2FOS. The summed E-state index contributed by atoms with van der Waals surface area (Å²) in [4.78, 5) is 2.85. The van der Waals surface area contributed by atoms with Crippen molar-refractivity contribution >= 4 is 43.2 Å². The molecule has 1 aromatic heterocycles. The standard InChI is InChI=1S/C27H25Br2FOS/c1-14-20-7-6-18(28)9-16(20)8-17-10-21(14)27(25-11-15-4-2-3-5-24(15)32-25)31-23-13-19(29)12-22(30)26(17)23/h6-7,9,11-14,17,21,27H,2-5,8,10H2,1H3. The minimum atomic E-state index is -0.157. The second-order valence-electron chi connectivity index (χ2n) is 9.57. The molecule has 0 amide bonds. The predicted molar refractivity (Wildman–Crippen MR) is 136 cm³/mol. The van der Waals surface area contributed by atoms with E-state index in [2.05, 4.69) is 63.0 Å². The fraction of sp³-hybridized carbons (Fsp3) is 0.407. The van der Waals surface area contributed by atoms with Crippen LogP contribution in [0.1, 0.15) is 76.1 Å².